The number of rotatable bonds is 3. The molecule has 0 N–H and O–H groups in total. The van der Waals surface area contributed by atoms with Gasteiger partial charge < -0.3 is 4.52 Å². The summed E-state index contributed by atoms with van der Waals surface area (Å²) in [6.45, 7) is 2.05. The van der Waals surface area contributed by atoms with Gasteiger partial charge in [-0.05, 0) is 6.92 Å². The van der Waals surface area contributed by atoms with Crippen molar-refractivity contribution in [3.05, 3.63) is 65.7 Å². The molecule has 0 fully saturated rings. The second-order valence-electron chi connectivity index (χ2n) is 4.68. The Labute approximate surface area is 116 Å². The summed E-state index contributed by atoms with van der Waals surface area (Å²) in [6.07, 6.45) is 0.821. The Hall–Kier alpha value is -2.68. The molecule has 2 aromatic carbocycles. The fraction of sp³-hybridized carbons (Fsp3) is 0.0588. The van der Waals surface area contributed by atoms with E-state index in [0.717, 1.165) is 23.1 Å². The van der Waals surface area contributed by atoms with Crippen molar-refractivity contribution >= 4 is 6.29 Å². The number of hydrogen-bond donors (Lipinski definition) is 0. The Balaban J connectivity index is 1.92. The van der Waals surface area contributed by atoms with Crippen molar-refractivity contribution in [3.63, 3.8) is 0 Å². The molecule has 0 atom stereocenters. The lowest BCUT2D eigenvalue weighted by Crippen LogP contribution is -1.79. The second kappa shape index (κ2) is 5.13. The van der Waals surface area contributed by atoms with Gasteiger partial charge in [-0.2, -0.15) is 0 Å². The molecule has 20 heavy (non-hydrogen) atoms. The largest absolute Gasteiger partial charge is 0.356 e. The van der Waals surface area contributed by atoms with Crippen LogP contribution in [0.3, 0.4) is 0 Å². The molecule has 1 heterocycles. The summed E-state index contributed by atoms with van der Waals surface area (Å²) in [5, 5.41) is 4.09. The van der Waals surface area contributed by atoms with Gasteiger partial charge in [-0.15, -0.1) is 0 Å². The second-order valence-corrected chi connectivity index (χ2v) is 4.68. The van der Waals surface area contributed by atoms with E-state index >= 15 is 0 Å². The Morgan fingerprint density at radius 2 is 1.60 bits per heavy atom. The van der Waals surface area contributed by atoms with Gasteiger partial charge in [0, 0.05) is 22.8 Å². The summed E-state index contributed by atoms with van der Waals surface area (Å²) in [4.78, 5) is 10.6. The van der Waals surface area contributed by atoms with Crippen LogP contribution in [-0.4, -0.2) is 11.4 Å². The number of aryl methyl sites for hydroxylation is 1. The van der Waals surface area contributed by atoms with Gasteiger partial charge in [0.15, 0.2) is 5.76 Å². The zero-order valence-corrected chi connectivity index (χ0v) is 11.0. The van der Waals surface area contributed by atoms with Crippen LogP contribution in [0.25, 0.3) is 22.6 Å². The molecule has 98 valence electrons. The van der Waals surface area contributed by atoms with E-state index in [1.54, 1.807) is 12.1 Å². The number of benzene rings is 2. The van der Waals surface area contributed by atoms with Crippen LogP contribution in [0.4, 0.5) is 0 Å². The minimum absolute atomic E-state index is 0.645. The molecule has 3 nitrogen and oxygen atoms in total. The predicted octanol–water partition coefficient (Wildman–Crippen LogP) is 4.13. The highest BCUT2D eigenvalue weighted by molar-refractivity contribution is 5.76. The van der Waals surface area contributed by atoms with E-state index < -0.39 is 0 Å². The molecule has 0 unspecified atom stereocenters. The first-order chi connectivity index (χ1) is 9.76. The molecule has 3 rings (SSSR count). The van der Waals surface area contributed by atoms with E-state index in [-0.39, 0.29) is 0 Å². The molecule has 3 aromatic rings. The van der Waals surface area contributed by atoms with Crippen LogP contribution in [0, 0.1) is 6.92 Å². The molecule has 1 aromatic heterocycles. The summed E-state index contributed by atoms with van der Waals surface area (Å²) < 4.78 is 5.37. The number of carbonyl (C=O) groups is 1. The van der Waals surface area contributed by atoms with Gasteiger partial charge in [0.1, 0.15) is 12.0 Å². The smallest absolute Gasteiger partial charge is 0.167 e. The van der Waals surface area contributed by atoms with Crippen molar-refractivity contribution in [2.75, 3.05) is 0 Å². The third kappa shape index (κ3) is 2.38. The monoisotopic (exact) mass is 263 g/mol. The third-order valence-corrected chi connectivity index (χ3v) is 3.19. The molecule has 0 aliphatic carbocycles. The average molecular weight is 263 g/mol. The first-order valence-electron chi connectivity index (χ1n) is 6.35. The Morgan fingerprint density at radius 3 is 2.25 bits per heavy atom. The standard InChI is InChI=1S/C17H13NO2/c1-12-2-6-14(7-3-12)16-10-17(20-18-16)15-8-4-13(11-19)5-9-15/h2-11H,1H3. The highest BCUT2D eigenvalue weighted by Gasteiger charge is 2.08. The van der Waals surface area contributed by atoms with E-state index in [1.807, 2.05) is 49.4 Å². The fourth-order valence-corrected chi connectivity index (χ4v) is 2.00. The summed E-state index contributed by atoms with van der Waals surface area (Å²) in [5.74, 6) is 0.693. The molecule has 0 aliphatic rings. The summed E-state index contributed by atoms with van der Waals surface area (Å²) in [6, 6.07) is 17.3. The maximum absolute atomic E-state index is 10.6. The van der Waals surface area contributed by atoms with Crippen molar-refractivity contribution in [2.24, 2.45) is 0 Å². The van der Waals surface area contributed by atoms with Crippen molar-refractivity contribution < 1.29 is 9.32 Å². The number of hydrogen-bond acceptors (Lipinski definition) is 3. The maximum Gasteiger partial charge on any atom is 0.167 e. The predicted molar refractivity (Wildman–Crippen MR) is 77.5 cm³/mol. The topological polar surface area (TPSA) is 43.1 Å². The van der Waals surface area contributed by atoms with Gasteiger partial charge in [0.25, 0.3) is 0 Å². The maximum atomic E-state index is 10.6. The first-order valence-corrected chi connectivity index (χ1v) is 6.35. The lowest BCUT2D eigenvalue weighted by Gasteiger charge is -1.96. The molecule has 0 aliphatic heterocycles. The molecular formula is C17H13NO2. The van der Waals surface area contributed by atoms with E-state index in [1.165, 1.54) is 5.56 Å². The molecular weight excluding hydrogens is 250 g/mol. The number of aldehydes is 1. The van der Waals surface area contributed by atoms with Crippen molar-refractivity contribution in [1.29, 1.82) is 0 Å². The normalized spacial score (nSPS) is 10.4. The molecule has 0 saturated carbocycles. The van der Waals surface area contributed by atoms with Gasteiger partial charge >= 0.3 is 0 Å². The van der Waals surface area contributed by atoms with Crippen LogP contribution >= 0.6 is 0 Å². The molecule has 0 amide bonds. The first kappa shape index (κ1) is 12.4. The lowest BCUT2D eigenvalue weighted by molar-refractivity contribution is 0.112. The molecule has 3 heteroatoms. The highest BCUT2D eigenvalue weighted by Crippen LogP contribution is 2.26. The van der Waals surface area contributed by atoms with Crippen LogP contribution in [0.15, 0.2) is 59.1 Å². The molecule has 0 saturated heterocycles. The lowest BCUT2D eigenvalue weighted by atomic mass is 10.1. The Morgan fingerprint density at radius 1 is 0.950 bits per heavy atom. The van der Waals surface area contributed by atoms with Crippen LogP contribution in [0.5, 0.6) is 0 Å². The quantitative estimate of drug-likeness (QED) is 0.667. The average Bonchev–Trinajstić information content (AvgIpc) is 2.98. The van der Waals surface area contributed by atoms with E-state index in [4.69, 9.17) is 4.52 Å². The van der Waals surface area contributed by atoms with E-state index in [9.17, 15) is 4.79 Å². The molecule has 0 radical (unpaired) electrons. The van der Waals surface area contributed by atoms with Gasteiger partial charge in [0.05, 0.1) is 0 Å². The van der Waals surface area contributed by atoms with Crippen LogP contribution in [0.1, 0.15) is 15.9 Å². The Bertz CT molecular complexity index is 724. The van der Waals surface area contributed by atoms with Gasteiger partial charge in [-0.3, -0.25) is 4.79 Å². The summed E-state index contributed by atoms with van der Waals surface area (Å²) >= 11 is 0. The minimum Gasteiger partial charge on any atom is -0.356 e. The van der Waals surface area contributed by atoms with Crippen molar-refractivity contribution in [2.45, 2.75) is 6.92 Å². The summed E-state index contributed by atoms with van der Waals surface area (Å²) in [7, 11) is 0. The number of carbonyl (C=O) groups excluding carboxylic acids is 1. The number of nitrogens with zero attached hydrogens (tertiary/aromatic N) is 1. The number of aromatic nitrogens is 1. The van der Waals surface area contributed by atoms with Crippen molar-refractivity contribution in [1.82, 2.24) is 5.16 Å². The van der Waals surface area contributed by atoms with Gasteiger partial charge in [-0.1, -0.05) is 59.3 Å². The van der Waals surface area contributed by atoms with Crippen LogP contribution in [-0.2, 0) is 0 Å². The SMILES string of the molecule is Cc1ccc(-c2cc(-c3ccc(C=O)cc3)on2)cc1. The zero-order valence-electron chi connectivity index (χ0n) is 11.0. The third-order valence-electron chi connectivity index (χ3n) is 3.19. The fourth-order valence-electron chi connectivity index (χ4n) is 2.00. The van der Waals surface area contributed by atoms with Crippen LogP contribution in [0.2, 0.25) is 0 Å². The van der Waals surface area contributed by atoms with Gasteiger partial charge in [0.2, 0.25) is 0 Å². The van der Waals surface area contributed by atoms with Gasteiger partial charge in [-0.25, -0.2) is 0 Å². The highest BCUT2D eigenvalue weighted by atomic mass is 16.5. The molecule has 0 bridgehead atoms. The zero-order chi connectivity index (χ0) is 13.9. The molecule has 0 spiro atoms. The van der Waals surface area contributed by atoms with E-state index in [2.05, 4.69) is 5.16 Å². The van der Waals surface area contributed by atoms with Crippen LogP contribution < -0.4 is 0 Å². The van der Waals surface area contributed by atoms with E-state index in [0.29, 0.717) is 11.3 Å². The Kier molecular flexibility index (Phi) is 3.17. The minimum atomic E-state index is 0.645. The summed E-state index contributed by atoms with van der Waals surface area (Å²) in [5.41, 5.74) is 4.59. The van der Waals surface area contributed by atoms with Crippen molar-refractivity contribution in [3.8, 4) is 22.6 Å².